The molecule has 21 heavy (non-hydrogen) atoms. The lowest BCUT2D eigenvalue weighted by Gasteiger charge is -2.09. The van der Waals surface area contributed by atoms with Crippen molar-refractivity contribution < 1.29 is 19.4 Å². The zero-order valence-corrected chi connectivity index (χ0v) is 11.8. The van der Waals surface area contributed by atoms with Crippen LogP contribution in [0.25, 0.3) is 0 Å². The van der Waals surface area contributed by atoms with Crippen LogP contribution in [0.15, 0.2) is 36.4 Å². The van der Waals surface area contributed by atoms with Crippen LogP contribution in [0.4, 0.5) is 5.69 Å². The molecule has 1 aromatic heterocycles. The van der Waals surface area contributed by atoms with Crippen molar-refractivity contribution >= 4 is 17.6 Å². The largest absolute Gasteiger partial charge is 0.482 e. The first-order valence-corrected chi connectivity index (χ1v) is 6.35. The Kier molecular flexibility index (Phi) is 4.27. The number of hydrogen-bond donors (Lipinski definition) is 2. The third-order valence-corrected chi connectivity index (χ3v) is 3.06. The Labute approximate surface area is 122 Å². The van der Waals surface area contributed by atoms with Gasteiger partial charge < -0.3 is 19.7 Å². The Morgan fingerprint density at radius 2 is 2.05 bits per heavy atom. The zero-order chi connectivity index (χ0) is 15.4. The molecule has 0 unspecified atom stereocenters. The minimum Gasteiger partial charge on any atom is -0.482 e. The van der Waals surface area contributed by atoms with Crippen LogP contribution >= 0.6 is 0 Å². The van der Waals surface area contributed by atoms with E-state index in [1.165, 1.54) is 0 Å². The first-order chi connectivity index (χ1) is 9.97. The SMILES string of the molecule is Cc1ccc(C(=O)Nc2cccc(OCC(=O)O)c2)n1C. The third-order valence-electron chi connectivity index (χ3n) is 3.06. The van der Waals surface area contributed by atoms with E-state index in [0.29, 0.717) is 17.1 Å². The quantitative estimate of drug-likeness (QED) is 0.882. The number of carbonyl (C=O) groups is 2. The van der Waals surface area contributed by atoms with Gasteiger partial charge in [0.2, 0.25) is 0 Å². The summed E-state index contributed by atoms with van der Waals surface area (Å²) in [5.41, 5.74) is 2.07. The number of rotatable bonds is 5. The number of carboxylic acids is 1. The summed E-state index contributed by atoms with van der Waals surface area (Å²) in [6, 6.07) is 10.2. The maximum Gasteiger partial charge on any atom is 0.341 e. The fourth-order valence-corrected chi connectivity index (χ4v) is 1.84. The first kappa shape index (κ1) is 14.6. The van der Waals surface area contributed by atoms with Gasteiger partial charge in [0.15, 0.2) is 6.61 Å². The van der Waals surface area contributed by atoms with Gasteiger partial charge in [0.05, 0.1) is 0 Å². The van der Waals surface area contributed by atoms with Gasteiger partial charge in [-0.1, -0.05) is 6.07 Å². The summed E-state index contributed by atoms with van der Waals surface area (Å²) >= 11 is 0. The van der Waals surface area contributed by atoms with Crippen LogP contribution in [-0.2, 0) is 11.8 Å². The summed E-state index contributed by atoms with van der Waals surface area (Å²) in [7, 11) is 1.82. The smallest absolute Gasteiger partial charge is 0.341 e. The molecule has 2 aromatic rings. The van der Waals surface area contributed by atoms with Crippen LogP contribution < -0.4 is 10.1 Å². The average Bonchev–Trinajstić information content (AvgIpc) is 2.77. The van der Waals surface area contributed by atoms with Crippen LogP contribution in [0.3, 0.4) is 0 Å². The van der Waals surface area contributed by atoms with Crippen molar-refractivity contribution in [1.82, 2.24) is 4.57 Å². The fourth-order valence-electron chi connectivity index (χ4n) is 1.84. The molecule has 0 atom stereocenters. The van der Waals surface area contributed by atoms with Crippen LogP contribution in [0.2, 0.25) is 0 Å². The van der Waals surface area contributed by atoms with Gasteiger partial charge in [-0.25, -0.2) is 4.79 Å². The molecule has 6 nitrogen and oxygen atoms in total. The van der Waals surface area contributed by atoms with Crippen LogP contribution in [0, 0.1) is 6.92 Å². The van der Waals surface area contributed by atoms with Crippen molar-refractivity contribution in [2.24, 2.45) is 7.05 Å². The number of anilines is 1. The monoisotopic (exact) mass is 288 g/mol. The van der Waals surface area contributed by atoms with Crippen LogP contribution in [0.1, 0.15) is 16.2 Å². The van der Waals surface area contributed by atoms with E-state index in [1.807, 2.05) is 20.0 Å². The number of ether oxygens (including phenoxy) is 1. The number of carbonyl (C=O) groups excluding carboxylic acids is 1. The zero-order valence-electron chi connectivity index (χ0n) is 11.8. The maximum absolute atomic E-state index is 12.2. The van der Waals surface area contributed by atoms with Gasteiger partial charge in [0.1, 0.15) is 11.4 Å². The van der Waals surface area contributed by atoms with Crippen molar-refractivity contribution in [2.75, 3.05) is 11.9 Å². The predicted octanol–water partition coefficient (Wildman–Crippen LogP) is 2.05. The highest BCUT2D eigenvalue weighted by molar-refractivity contribution is 6.03. The molecule has 1 amide bonds. The molecule has 2 N–H and O–H groups in total. The van der Waals surface area contributed by atoms with E-state index in [1.54, 1.807) is 34.9 Å². The molecule has 0 aliphatic carbocycles. The third kappa shape index (κ3) is 3.62. The molecule has 0 saturated carbocycles. The Morgan fingerprint density at radius 3 is 2.67 bits per heavy atom. The molecular weight excluding hydrogens is 272 g/mol. The summed E-state index contributed by atoms with van der Waals surface area (Å²) < 4.78 is 6.86. The van der Waals surface area contributed by atoms with Crippen molar-refractivity contribution in [3.63, 3.8) is 0 Å². The number of nitrogens with zero attached hydrogens (tertiary/aromatic N) is 1. The number of aryl methyl sites for hydroxylation is 1. The number of carboxylic acid groups (broad SMARTS) is 1. The van der Waals surface area contributed by atoms with Crippen molar-refractivity contribution in [1.29, 1.82) is 0 Å². The number of benzene rings is 1. The van der Waals surface area contributed by atoms with Crippen LogP contribution in [0.5, 0.6) is 5.75 Å². The normalized spacial score (nSPS) is 10.2. The molecule has 0 spiro atoms. The molecule has 0 aliphatic heterocycles. The highest BCUT2D eigenvalue weighted by Crippen LogP contribution is 2.18. The highest BCUT2D eigenvalue weighted by Gasteiger charge is 2.11. The molecule has 0 bridgehead atoms. The van der Waals surface area contributed by atoms with E-state index in [4.69, 9.17) is 9.84 Å². The topological polar surface area (TPSA) is 80.6 Å². The standard InChI is InChI=1S/C15H16N2O4/c1-10-6-7-13(17(10)2)15(20)16-11-4-3-5-12(8-11)21-9-14(18)19/h3-8H,9H2,1-2H3,(H,16,20)(H,18,19). The highest BCUT2D eigenvalue weighted by atomic mass is 16.5. The van der Waals surface area contributed by atoms with Crippen molar-refractivity contribution in [3.05, 3.63) is 47.8 Å². The molecule has 6 heteroatoms. The van der Waals surface area contributed by atoms with Gasteiger partial charge in [-0.15, -0.1) is 0 Å². The summed E-state index contributed by atoms with van der Waals surface area (Å²) in [5.74, 6) is -0.900. The molecule has 0 radical (unpaired) electrons. The second-order valence-corrected chi connectivity index (χ2v) is 4.58. The average molecular weight is 288 g/mol. The summed E-state index contributed by atoms with van der Waals surface area (Å²) in [6.07, 6.45) is 0. The second kappa shape index (κ2) is 6.13. The second-order valence-electron chi connectivity index (χ2n) is 4.58. The Morgan fingerprint density at radius 1 is 1.29 bits per heavy atom. The summed E-state index contributed by atoms with van der Waals surface area (Å²) in [5, 5.41) is 11.3. The van der Waals surface area contributed by atoms with E-state index in [2.05, 4.69) is 5.32 Å². The first-order valence-electron chi connectivity index (χ1n) is 6.35. The number of hydrogen-bond acceptors (Lipinski definition) is 3. The molecule has 0 aliphatic rings. The van der Waals surface area contributed by atoms with Gasteiger partial charge in [0, 0.05) is 24.5 Å². The minimum atomic E-state index is -1.05. The number of aromatic nitrogens is 1. The van der Waals surface area contributed by atoms with Gasteiger partial charge in [-0.2, -0.15) is 0 Å². The van der Waals surface area contributed by atoms with E-state index in [0.717, 1.165) is 5.69 Å². The maximum atomic E-state index is 12.2. The molecule has 1 aromatic carbocycles. The molecule has 2 rings (SSSR count). The molecular formula is C15H16N2O4. The summed E-state index contributed by atoms with van der Waals surface area (Å²) in [6.45, 7) is 1.49. The molecule has 110 valence electrons. The van der Waals surface area contributed by atoms with E-state index < -0.39 is 12.6 Å². The minimum absolute atomic E-state index is 0.235. The van der Waals surface area contributed by atoms with Gasteiger partial charge in [0.25, 0.3) is 5.91 Å². The number of aliphatic carboxylic acids is 1. The van der Waals surface area contributed by atoms with Crippen LogP contribution in [-0.4, -0.2) is 28.2 Å². The molecule has 0 fully saturated rings. The summed E-state index contributed by atoms with van der Waals surface area (Å²) in [4.78, 5) is 22.6. The van der Waals surface area contributed by atoms with Gasteiger partial charge >= 0.3 is 5.97 Å². The van der Waals surface area contributed by atoms with E-state index in [9.17, 15) is 9.59 Å². The lowest BCUT2D eigenvalue weighted by molar-refractivity contribution is -0.139. The lowest BCUT2D eigenvalue weighted by Crippen LogP contribution is -2.16. The molecule has 0 saturated heterocycles. The Bertz CT molecular complexity index is 676. The lowest BCUT2D eigenvalue weighted by atomic mass is 10.3. The number of amides is 1. The van der Waals surface area contributed by atoms with Crippen molar-refractivity contribution in [3.8, 4) is 5.75 Å². The van der Waals surface area contributed by atoms with Crippen molar-refractivity contribution in [2.45, 2.75) is 6.92 Å². The number of nitrogens with one attached hydrogen (secondary N) is 1. The Hall–Kier alpha value is -2.76. The van der Waals surface area contributed by atoms with Gasteiger partial charge in [-0.05, 0) is 31.2 Å². The fraction of sp³-hybridized carbons (Fsp3) is 0.200. The molecule has 1 heterocycles. The van der Waals surface area contributed by atoms with Gasteiger partial charge in [-0.3, -0.25) is 4.79 Å². The van der Waals surface area contributed by atoms with E-state index >= 15 is 0 Å². The Balaban J connectivity index is 2.09. The van der Waals surface area contributed by atoms with E-state index in [-0.39, 0.29) is 5.91 Å². The predicted molar refractivity (Wildman–Crippen MR) is 77.7 cm³/mol.